The van der Waals surface area contributed by atoms with Crippen molar-refractivity contribution in [3.63, 3.8) is 0 Å². The molecule has 0 spiro atoms. The van der Waals surface area contributed by atoms with Gasteiger partial charge in [-0.15, -0.1) is 11.3 Å². The lowest BCUT2D eigenvalue weighted by Crippen LogP contribution is -2.26. The van der Waals surface area contributed by atoms with E-state index in [0.717, 1.165) is 53.0 Å². The van der Waals surface area contributed by atoms with E-state index < -0.39 is 0 Å². The van der Waals surface area contributed by atoms with Crippen LogP contribution in [0.15, 0.2) is 60.2 Å². The molecule has 0 atom stereocenters. The molecule has 0 unspecified atom stereocenters. The van der Waals surface area contributed by atoms with Crippen molar-refractivity contribution in [2.45, 2.75) is 13.1 Å². The fraction of sp³-hybridized carbons (Fsp3) is 0.240. The normalized spacial score (nSPS) is 13.8. The number of halogens is 1. The van der Waals surface area contributed by atoms with Crippen LogP contribution in [0.3, 0.4) is 0 Å². The number of nitrogens with zero attached hydrogens (tertiary/aromatic N) is 3. The zero-order valence-corrected chi connectivity index (χ0v) is 20.0. The van der Waals surface area contributed by atoms with Gasteiger partial charge in [-0.3, -0.25) is 9.47 Å². The second-order valence-corrected chi connectivity index (χ2v) is 9.06. The van der Waals surface area contributed by atoms with Crippen LogP contribution >= 0.6 is 22.9 Å². The Morgan fingerprint density at radius 1 is 1.12 bits per heavy atom. The summed E-state index contributed by atoms with van der Waals surface area (Å²) < 4.78 is 19.6. The van der Waals surface area contributed by atoms with E-state index in [1.807, 2.05) is 35.8 Å². The first kappa shape index (κ1) is 21.8. The molecule has 5 rings (SSSR count). The third kappa shape index (κ3) is 4.44. The van der Waals surface area contributed by atoms with Crippen molar-refractivity contribution in [1.82, 2.24) is 14.5 Å². The summed E-state index contributed by atoms with van der Waals surface area (Å²) in [6.45, 7) is 2.89. The SMILES string of the molecule is COc1ccc(Cl)cc1-c1cc2c(c(OC)c1)OCCN(Cc1cccn1-c1nccs1)C2. The number of methoxy groups -OCH3 is 2. The van der Waals surface area contributed by atoms with Crippen LogP contribution in [0.2, 0.25) is 5.02 Å². The van der Waals surface area contributed by atoms with Gasteiger partial charge < -0.3 is 14.2 Å². The smallest absolute Gasteiger partial charge is 0.193 e. The molecule has 8 heteroatoms. The number of fused-ring (bicyclic) bond motifs is 1. The van der Waals surface area contributed by atoms with Gasteiger partial charge in [0.15, 0.2) is 16.6 Å². The van der Waals surface area contributed by atoms with Gasteiger partial charge in [-0.05, 0) is 48.0 Å². The zero-order chi connectivity index (χ0) is 22.8. The molecule has 170 valence electrons. The molecular formula is C25H24ClN3O3S. The van der Waals surface area contributed by atoms with E-state index in [1.54, 1.807) is 25.6 Å². The second-order valence-electron chi connectivity index (χ2n) is 7.75. The summed E-state index contributed by atoms with van der Waals surface area (Å²) in [6.07, 6.45) is 3.89. The molecule has 4 aromatic rings. The molecule has 0 saturated heterocycles. The zero-order valence-electron chi connectivity index (χ0n) is 18.5. The van der Waals surface area contributed by atoms with Crippen LogP contribution in [0.4, 0.5) is 0 Å². The van der Waals surface area contributed by atoms with Crippen LogP contribution in [-0.2, 0) is 13.1 Å². The minimum Gasteiger partial charge on any atom is -0.496 e. The predicted molar refractivity (Wildman–Crippen MR) is 131 cm³/mol. The van der Waals surface area contributed by atoms with Crippen molar-refractivity contribution < 1.29 is 14.2 Å². The largest absolute Gasteiger partial charge is 0.496 e. The standard InChI is InChI=1S/C25H24ClN3O3S/c1-30-22-6-5-19(26)14-21(22)17-12-18-15-28(9-10-32-24(18)23(13-17)31-2)16-20-4-3-8-29(20)25-27-7-11-33-25/h3-8,11-14H,9-10,15-16H2,1-2H3. The summed E-state index contributed by atoms with van der Waals surface area (Å²) in [5.74, 6) is 2.26. The Bertz CT molecular complexity index is 1260. The van der Waals surface area contributed by atoms with Crippen molar-refractivity contribution in [3.05, 3.63) is 76.5 Å². The Morgan fingerprint density at radius 2 is 2.00 bits per heavy atom. The maximum Gasteiger partial charge on any atom is 0.193 e. The van der Waals surface area contributed by atoms with Crippen LogP contribution in [0, 0.1) is 0 Å². The summed E-state index contributed by atoms with van der Waals surface area (Å²) >= 11 is 7.93. The van der Waals surface area contributed by atoms with E-state index in [4.69, 9.17) is 25.8 Å². The van der Waals surface area contributed by atoms with Gasteiger partial charge in [0.2, 0.25) is 0 Å². The Balaban J connectivity index is 1.49. The Morgan fingerprint density at radius 3 is 2.79 bits per heavy atom. The van der Waals surface area contributed by atoms with Gasteiger partial charge >= 0.3 is 0 Å². The maximum atomic E-state index is 6.30. The van der Waals surface area contributed by atoms with Crippen molar-refractivity contribution >= 4 is 22.9 Å². The molecule has 0 N–H and O–H groups in total. The van der Waals surface area contributed by atoms with Crippen LogP contribution in [0.5, 0.6) is 17.2 Å². The average molecular weight is 482 g/mol. The maximum absolute atomic E-state index is 6.30. The highest BCUT2D eigenvalue weighted by Crippen LogP contribution is 2.41. The molecule has 2 aromatic carbocycles. The molecule has 0 fully saturated rings. The average Bonchev–Trinajstić information content (AvgIpc) is 3.47. The van der Waals surface area contributed by atoms with Gasteiger partial charge in [-0.25, -0.2) is 4.98 Å². The highest BCUT2D eigenvalue weighted by atomic mass is 35.5. The van der Waals surface area contributed by atoms with Gasteiger partial charge in [-0.2, -0.15) is 0 Å². The minimum atomic E-state index is 0.584. The molecule has 0 bridgehead atoms. The Hall–Kier alpha value is -3.00. The topological polar surface area (TPSA) is 48.8 Å². The van der Waals surface area contributed by atoms with Crippen LogP contribution < -0.4 is 14.2 Å². The molecule has 1 aliphatic heterocycles. The van der Waals surface area contributed by atoms with Crippen molar-refractivity contribution in [2.24, 2.45) is 0 Å². The lowest BCUT2D eigenvalue weighted by Gasteiger charge is -2.20. The number of benzene rings is 2. The molecule has 6 nitrogen and oxygen atoms in total. The van der Waals surface area contributed by atoms with Gasteiger partial charge in [0.1, 0.15) is 12.4 Å². The molecule has 33 heavy (non-hydrogen) atoms. The number of hydrogen-bond donors (Lipinski definition) is 0. The van der Waals surface area contributed by atoms with E-state index in [9.17, 15) is 0 Å². The minimum absolute atomic E-state index is 0.584. The Labute approximate surface area is 201 Å². The van der Waals surface area contributed by atoms with Gasteiger partial charge in [0.05, 0.1) is 14.2 Å². The molecule has 3 heterocycles. The number of aromatic nitrogens is 2. The first-order valence-corrected chi connectivity index (χ1v) is 11.9. The summed E-state index contributed by atoms with van der Waals surface area (Å²) in [5, 5.41) is 3.62. The van der Waals surface area contributed by atoms with Crippen molar-refractivity contribution in [1.29, 1.82) is 0 Å². The lowest BCUT2D eigenvalue weighted by atomic mass is 10.0. The number of hydrogen-bond acceptors (Lipinski definition) is 6. The fourth-order valence-corrected chi connectivity index (χ4v) is 5.01. The number of ether oxygens (including phenoxy) is 3. The third-order valence-corrected chi connectivity index (χ3v) is 6.72. The second kappa shape index (κ2) is 9.47. The Kier molecular flexibility index (Phi) is 6.26. The van der Waals surface area contributed by atoms with Crippen LogP contribution in [0.1, 0.15) is 11.3 Å². The summed E-state index contributed by atoms with van der Waals surface area (Å²) in [4.78, 5) is 6.84. The molecular weight excluding hydrogens is 458 g/mol. The quantitative estimate of drug-likeness (QED) is 0.355. The van der Waals surface area contributed by atoms with E-state index in [-0.39, 0.29) is 0 Å². The molecule has 0 amide bonds. The van der Waals surface area contributed by atoms with Crippen molar-refractivity contribution in [2.75, 3.05) is 27.4 Å². The first-order chi connectivity index (χ1) is 16.2. The fourth-order valence-electron chi connectivity index (χ4n) is 4.18. The van der Waals surface area contributed by atoms with Gasteiger partial charge in [-0.1, -0.05) is 11.6 Å². The van der Waals surface area contributed by atoms with E-state index in [1.165, 1.54) is 5.69 Å². The van der Waals surface area contributed by atoms with Crippen LogP contribution in [0.25, 0.3) is 16.3 Å². The molecule has 0 radical (unpaired) electrons. The van der Waals surface area contributed by atoms with Crippen LogP contribution in [-0.4, -0.2) is 41.8 Å². The number of thiazole rings is 1. The van der Waals surface area contributed by atoms with E-state index in [2.05, 4.69) is 38.8 Å². The van der Waals surface area contributed by atoms with Gasteiger partial charge in [0, 0.05) is 59.3 Å². The van der Waals surface area contributed by atoms with Gasteiger partial charge in [0.25, 0.3) is 0 Å². The molecule has 1 aliphatic rings. The molecule has 0 aliphatic carbocycles. The molecule has 2 aromatic heterocycles. The van der Waals surface area contributed by atoms with E-state index in [0.29, 0.717) is 17.4 Å². The summed E-state index contributed by atoms with van der Waals surface area (Å²) in [7, 11) is 3.33. The first-order valence-electron chi connectivity index (χ1n) is 10.6. The summed E-state index contributed by atoms with van der Waals surface area (Å²) in [5.41, 5.74) is 4.14. The third-order valence-electron chi connectivity index (χ3n) is 5.72. The summed E-state index contributed by atoms with van der Waals surface area (Å²) in [6, 6.07) is 13.9. The van der Waals surface area contributed by atoms with Crippen molar-refractivity contribution in [3.8, 4) is 33.5 Å². The lowest BCUT2D eigenvalue weighted by molar-refractivity contribution is 0.214. The number of rotatable bonds is 6. The van der Waals surface area contributed by atoms with E-state index >= 15 is 0 Å². The highest BCUT2D eigenvalue weighted by molar-refractivity contribution is 7.12. The monoisotopic (exact) mass is 481 g/mol. The predicted octanol–water partition coefficient (Wildman–Crippen LogP) is 5.67. The molecule has 0 saturated carbocycles. The highest BCUT2D eigenvalue weighted by Gasteiger charge is 2.22.